The normalized spacial score (nSPS) is 16.1. The van der Waals surface area contributed by atoms with Gasteiger partial charge in [-0.2, -0.15) is 0 Å². The molecule has 150 valence electrons. The van der Waals surface area contributed by atoms with Gasteiger partial charge in [0.15, 0.2) is 0 Å². The summed E-state index contributed by atoms with van der Waals surface area (Å²) in [6.07, 6.45) is 0.990. The molecule has 5 nitrogen and oxygen atoms in total. The SMILES string of the molecule is O=C(NCc1ccc(F)cc1)C1CCN(S(=O)(=O)Cc2ccc(Br)cc2)CC1. The number of halogens is 2. The molecule has 8 heteroatoms. The van der Waals surface area contributed by atoms with Crippen molar-refractivity contribution in [3.05, 3.63) is 69.9 Å². The highest BCUT2D eigenvalue weighted by Crippen LogP contribution is 2.22. The summed E-state index contributed by atoms with van der Waals surface area (Å²) >= 11 is 3.34. The van der Waals surface area contributed by atoms with Gasteiger partial charge in [-0.3, -0.25) is 4.79 Å². The molecule has 1 heterocycles. The van der Waals surface area contributed by atoms with Crippen molar-refractivity contribution in [2.24, 2.45) is 5.92 Å². The van der Waals surface area contributed by atoms with Crippen molar-refractivity contribution < 1.29 is 17.6 Å². The Morgan fingerprint density at radius 3 is 2.21 bits per heavy atom. The standard InChI is InChI=1S/C20H22BrFN2O3S/c21-18-5-1-16(2-6-18)14-28(26,27)24-11-9-17(10-12-24)20(25)23-13-15-3-7-19(22)8-4-15/h1-8,17H,9-14H2,(H,23,25). The van der Waals surface area contributed by atoms with Gasteiger partial charge in [0.05, 0.1) is 5.75 Å². The maximum absolute atomic E-state index is 12.9. The molecule has 0 aromatic heterocycles. The summed E-state index contributed by atoms with van der Waals surface area (Å²) in [5.74, 6) is -0.650. The number of hydrogen-bond acceptors (Lipinski definition) is 3. The van der Waals surface area contributed by atoms with Gasteiger partial charge in [0.1, 0.15) is 5.82 Å². The van der Waals surface area contributed by atoms with Crippen molar-refractivity contribution in [2.75, 3.05) is 13.1 Å². The second kappa shape index (κ2) is 9.15. The predicted molar refractivity (Wildman–Crippen MR) is 109 cm³/mol. The van der Waals surface area contributed by atoms with Gasteiger partial charge in [0.2, 0.25) is 15.9 Å². The number of carbonyl (C=O) groups is 1. The first-order valence-electron chi connectivity index (χ1n) is 9.08. The largest absolute Gasteiger partial charge is 0.352 e. The number of nitrogens with zero attached hydrogens (tertiary/aromatic N) is 1. The Morgan fingerprint density at radius 1 is 1.04 bits per heavy atom. The zero-order chi connectivity index (χ0) is 20.1. The number of nitrogens with one attached hydrogen (secondary N) is 1. The molecule has 1 aliphatic rings. The van der Waals surface area contributed by atoms with E-state index in [1.54, 1.807) is 24.3 Å². The van der Waals surface area contributed by atoms with Crippen LogP contribution in [0.3, 0.4) is 0 Å². The lowest BCUT2D eigenvalue weighted by molar-refractivity contribution is -0.126. The van der Waals surface area contributed by atoms with Crippen molar-refractivity contribution in [1.82, 2.24) is 9.62 Å². The van der Waals surface area contributed by atoms with Crippen molar-refractivity contribution >= 4 is 31.9 Å². The van der Waals surface area contributed by atoms with Crippen LogP contribution in [0.5, 0.6) is 0 Å². The molecule has 0 bridgehead atoms. The quantitative estimate of drug-likeness (QED) is 0.705. The van der Waals surface area contributed by atoms with E-state index >= 15 is 0 Å². The van der Waals surface area contributed by atoms with Crippen molar-refractivity contribution in [1.29, 1.82) is 0 Å². The molecule has 1 aliphatic heterocycles. The first-order valence-corrected chi connectivity index (χ1v) is 11.5. The number of amides is 1. The summed E-state index contributed by atoms with van der Waals surface area (Å²) in [6, 6.07) is 13.2. The maximum Gasteiger partial charge on any atom is 0.223 e. The summed E-state index contributed by atoms with van der Waals surface area (Å²) in [4.78, 5) is 12.4. The Hall–Kier alpha value is -1.77. The van der Waals surface area contributed by atoms with Crippen LogP contribution in [0.4, 0.5) is 4.39 Å². The highest BCUT2D eigenvalue weighted by atomic mass is 79.9. The highest BCUT2D eigenvalue weighted by Gasteiger charge is 2.31. The Labute approximate surface area is 173 Å². The van der Waals surface area contributed by atoms with Crippen molar-refractivity contribution in [2.45, 2.75) is 25.1 Å². The Morgan fingerprint density at radius 2 is 1.61 bits per heavy atom. The van der Waals surface area contributed by atoms with E-state index in [0.29, 0.717) is 32.5 Å². The molecule has 3 rings (SSSR count). The number of carbonyl (C=O) groups excluding carboxylic acids is 1. The topological polar surface area (TPSA) is 66.5 Å². The van der Waals surface area contributed by atoms with E-state index in [2.05, 4.69) is 21.2 Å². The molecule has 0 saturated carbocycles. The molecule has 2 aromatic rings. The van der Waals surface area contributed by atoms with Crippen LogP contribution in [0.1, 0.15) is 24.0 Å². The third-order valence-corrected chi connectivity index (χ3v) is 7.24. The minimum atomic E-state index is -3.41. The lowest BCUT2D eigenvalue weighted by Crippen LogP contribution is -2.43. The molecule has 0 aliphatic carbocycles. The first-order chi connectivity index (χ1) is 13.3. The molecule has 1 N–H and O–H groups in total. The van der Waals surface area contributed by atoms with Crippen LogP contribution in [0.15, 0.2) is 53.0 Å². The van der Waals surface area contributed by atoms with Gasteiger partial charge in [-0.05, 0) is 48.2 Å². The number of rotatable bonds is 6. The molecule has 0 atom stereocenters. The van der Waals surface area contributed by atoms with E-state index in [4.69, 9.17) is 0 Å². The van der Waals surface area contributed by atoms with Crippen molar-refractivity contribution in [3.8, 4) is 0 Å². The zero-order valence-electron chi connectivity index (χ0n) is 15.3. The monoisotopic (exact) mass is 468 g/mol. The lowest BCUT2D eigenvalue weighted by Gasteiger charge is -2.30. The molecule has 0 spiro atoms. The van der Waals surface area contributed by atoms with Crippen LogP contribution in [-0.2, 0) is 27.1 Å². The minimum absolute atomic E-state index is 0.0400. The summed E-state index contributed by atoms with van der Waals surface area (Å²) in [6.45, 7) is 1.02. The van der Waals surface area contributed by atoms with Gasteiger partial charge in [0, 0.05) is 30.0 Å². The highest BCUT2D eigenvalue weighted by molar-refractivity contribution is 9.10. The van der Waals surface area contributed by atoms with E-state index < -0.39 is 10.0 Å². The Kier molecular flexibility index (Phi) is 6.85. The fourth-order valence-electron chi connectivity index (χ4n) is 3.21. The molecule has 2 aromatic carbocycles. The molecule has 1 amide bonds. The zero-order valence-corrected chi connectivity index (χ0v) is 17.7. The van der Waals surface area contributed by atoms with E-state index in [1.165, 1.54) is 16.4 Å². The fourth-order valence-corrected chi connectivity index (χ4v) is 5.04. The van der Waals surface area contributed by atoms with Crippen LogP contribution in [0, 0.1) is 11.7 Å². The van der Waals surface area contributed by atoms with E-state index in [-0.39, 0.29) is 23.4 Å². The summed E-state index contributed by atoms with van der Waals surface area (Å²) in [7, 11) is -3.41. The summed E-state index contributed by atoms with van der Waals surface area (Å²) in [5.41, 5.74) is 1.56. The van der Waals surface area contributed by atoms with Gasteiger partial charge < -0.3 is 5.32 Å². The number of hydrogen-bond donors (Lipinski definition) is 1. The van der Waals surface area contributed by atoms with Crippen LogP contribution in [0.25, 0.3) is 0 Å². The minimum Gasteiger partial charge on any atom is -0.352 e. The van der Waals surface area contributed by atoms with E-state index in [1.807, 2.05) is 12.1 Å². The second-order valence-electron chi connectivity index (χ2n) is 6.90. The van der Waals surface area contributed by atoms with E-state index in [9.17, 15) is 17.6 Å². The molecule has 0 radical (unpaired) electrons. The molecular weight excluding hydrogens is 447 g/mol. The summed E-state index contributed by atoms with van der Waals surface area (Å²) < 4.78 is 40.6. The molecule has 28 heavy (non-hydrogen) atoms. The molecule has 1 saturated heterocycles. The number of benzene rings is 2. The number of piperidine rings is 1. The van der Waals surface area contributed by atoms with Crippen LogP contribution < -0.4 is 5.32 Å². The number of sulfonamides is 1. The maximum atomic E-state index is 12.9. The van der Waals surface area contributed by atoms with Gasteiger partial charge >= 0.3 is 0 Å². The summed E-state index contributed by atoms with van der Waals surface area (Å²) in [5, 5.41) is 2.85. The average molecular weight is 469 g/mol. The predicted octanol–water partition coefficient (Wildman–Crippen LogP) is 3.45. The van der Waals surface area contributed by atoms with Gasteiger partial charge in [-0.25, -0.2) is 17.1 Å². The smallest absolute Gasteiger partial charge is 0.223 e. The Balaban J connectivity index is 1.49. The second-order valence-corrected chi connectivity index (χ2v) is 9.78. The van der Waals surface area contributed by atoms with Gasteiger partial charge in [-0.1, -0.05) is 40.2 Å². The van der Waals surface area contributed by atoms with Gasteiger partial charge in [-0.15, -0.1) is 0 Å². The molecule has 1 fully saturated rings. The molecule has 0 unspecified atom stereocenters. The van der Waals surface area contributed by atoms with Crippen LogP contribution in [-0.4, -0.2) is 31.7 Å². The fraction of sp³-hybridized carbons (Fsp3) is 0.350. The lowest BCUT2D eigenvalue weighted by atomic mass is 9.97. The van der Waals surface area contributed by atoms with Crippen LogP contribution >= 0.6 is 15.9 Å². The first kappa shape index (κ1) is 21.0. The average Bonchev–Trinajstić information content (AvgIpc) is 2.69. The third kappa shape index (κ3) is 5.62. The third-order valence-electron chi connectivity index (χ3n) is 4.86. The van der Waals surface area contributed by atoms with Crippen molar-refractivity contribution in [3.63, 3.8) is 0 Å². The van der Waals surface area contributed by atoms with Crippen LogP contribution in [0.2, 0.25) is 0 Å². The van der Waals surface area contributed by atoms with E-state index in [0.717, 1.165) is 15.6 Å². The Bertz CT molecular complexity index is 909. The molecular formula is C20H22BrFN2O3S. The van der Waals surface area contributed by atoms with Gasteiger partial charge in [0.25, 0.3) is 0 Å².